The largest absolute Gasteiger partial charge is 0.333 e. The van der Waals surface area contributed by atoms with Crippen LogP contribution in [-0.2, 0) is 6.54 Å². The molecule has 1 aliphatic rings. The molecular weight excluding hydrogens is 230 g/mol. The first-order chi connectivity index (χ1) is 8.16. The Morgan fingerprint density at radius 1 is 1.59 bits per heavy atom. The van der Waals surface area contributed by atoms with Crippen molar-refractivity contribution in [1.29, 1.82) is 0 Å². The Hall–Kier alpha value is -0.480. The van der Waals surface area contributed by atoms with E-state index in [1.807, 2.05) is 12.5 Å². The van der Waals surface area contributed by atoms with E-state index in [-0.39, 0.29) is 6.04 Å². The summed E-state index contributed by atoms with van der Waals surface area (Å²) in [5.74, 6) is 4.04. The van der Waals surface area contributed by atoms with Crippen LogP contribution < -0.4 is 5.73 Å². The van der Waals surface area contributed by atoms with E-state index in [1.165, 1.54) is 23.6 Å². The van der Waals surface area contributed by atoms with Crippen LogP contribution in [-0.4, -0.2) is 21.1 Å². The normalized spacial score (nSPS) is 22.2. The third-order valence-electron chi connectivity index (χ3n) is 3.33. The van der Waals surface area contributed by atoms with Gasteiger partial charge in [0.1, 0.15) is 0 Å². The fraction of sp³-hybridized carbons (Fsp3) is 0.769. The number of hydrogen-bond donors (Lipinski definition) is 1. The van der Waals surface area contributed by atoms with Gasteiger partial charge in [0, 0.05) is 18.8 Å². The van der Waals surface area contributed by atoms with E-state index < -0.39 is 0 Å². The van der Waals surface area contributed by atoms with Gasteiger partial charge < -0.3 is 10.3 Å². The summed E-state index contributed by atoms with van der Waals surface area (Å²) in [6.45, 7) is 5.52. The molecule has 3 nitrogen and oxygen atoms in total. The lowest BCUT2D eigenvalue weighted by Gasteiger charge is -2.18. The molecule has 2 rings (SSSR count). The van der Waals surface area contributed by atoms with Gasteiger partial charge in [-0.2, -0.15) is 11.8 Å². The number of nitrogens with two attached hydrogens (primary N) is 1. The number of rotatable bonds is 5. The predicted octanol–water partition coefficient (Wildman–Crippen LogP) is 2.68. The second-order valence-corrected chi connectivity index (χ2v) is 6.59. The van der Waals surface area contributed by atoms with Gasteiger partial charge in [0.05, 0.1) is 12.0 Å². The Bertz CT molecular complexity index is 342. The molecule has 1 saturated heterocycles. The third-order valence-corrected chi connectivity index (χ3v) is 4.56. The van der Waals surface area contributed by atoms with Gasteiger partial charge in [0.25, 0.3) is 0 Å². The topological polar surface area (TPSA) is 43.8 Å². The van der Waals surface area contributed by atoms with E-state index in [0.29, 0.717) is 5.92 Å². The maximum absolute atomic E-state index is 6.25. The van der Waals surface area contributed by atoms with Gasteiger partial charge in [-0.1, -0.05) is 13.8 Å². The fourth-order valence-electron chi connectivity index (χ4n) is 2.43. The molecule has 0 aromatic carbocycles. The van der Waals surface area contributed by atoms with Crippen molar-refractivity contribution >= 4 is 11.8 Å². The van der Waals surface area contributed by atoms with E-state index in [0.717, 1.165) is 18.9 Å². The summed E-state index contributed by atoms with van der Waals surface area (Å²) >= 11 is 2.06. The highest BCUT2D eigenvalue weighted by atomic mass is 32.2. The van der Waals surface area contributed by atoms with Crippen LogP contribution in [0, 0.1) is 11.8 Å². The van der Waals surface area contributed by atoms with Gasteiger partial charge >= 0.3 is 0 Å². The zero-order chi connectivity index (χ0) is 12.3. The zero-order valence-corrected chi connectivity index (χ0v) is 11.6. The molecule has 2 N–H and O–H groups in total. The van der Waals surface area contributed by atoms with Gasteiger partial charge in [-0.15, -0.1) is 0 Å². The summed E-state index contributed by atoms with van der Waals surface area (Å²) in [7, 11) is 0. The highest BCUT2D eigenvalue weighted by Gasteiger charge is 2.19. The van der Waals surface area contributed by atoms with Crippen LogP contribution >= 0.6 is 11.8 Å². The lowest BCUT2D eigenvalue weighted by Crippen LogP contribution is -2.19. The average molecular weight is 253 g/mol. The standard InChI is InChI=1S/C13H23N3S/c1-10(2)5-12(14)13-6-15-9-16(13)7-11-3-4-17-8-11/h6,9-12H,3-5,7-8,14H2,1-2H3. The molecule has 2 heterocycles. The minimum Gasteiger partial charge on any atom is -0.333 e. The Labute approximate surface area is 108 Å². The summed E-state index contributed by atoms with van der Waals surface area (Å²) < 4.78 is 2.27. The molecule has 1 aromatic rings. The number of thioether (sulfide) groups is 1. The van der Waals surface area contributed by atoms with Crippen molar-refractivity contribution in [2.24, 2.45) is 17.6 Å². The Kier molecular flexibility index (Phi) is 4.51. The molecule has 17 heavy (non-hydrogen) atoms. The molecule has 0 bridgehead atoms. The molecule has 0 radical (unpaired) electrons. The van der Waals surface area contributed by atoms with Crippen LogP contribution in [0.25, 0.3) is 0 Å². The van der Waals surface area contributed by atoms with Crippen LogP contribution in [0.5, 0.6) is 0 Å². The predicted molar refractivity (Wildman–Crippen MR) is 74.0 cm³/mol. The SMILES string of the molecule is CC(C)CC(N)c1cncn1CC1CCSC1. The second-order valence-electron chi connectivity index (χ2n) is 5.44. The summed E-state index contributed by atoms with van der Waals surface area (Å²) in [5, 5.41) is 0. The van der Waals surface area contributed by atoms with Crippen LogP contribution in [0.15, 0.2) is 12.5 Å². The first-order valence-electron chi connectivity index (χ1n) is 6.50. The lowest BCUT2D eigenvalue weighted by atomic mass is 10.0. The molecule has 1 aliphatic heterocycles. The Morgan fingerprint density at radius 3 is 3.06 bits per heavy atom. The number of hydrogen-bond acceptors (Lipinski definition) is 3. The highest BCUT2D eigenvalue weighted by Crippen LogP contribution is 2.26. The second kappa shape index (κ2) is 5.91. The van der Waals surface area contributed by atoms with Gasteiger partial charge in [-0.25, -0.2) is 4.98 Å². The third kappa shape index (κ3) is 3.49. The molecule has 0 amide bonds. The molecular formula is C13H23N3S. The lowest BCUT2D eigenvalue weighted by molar-refractivity contribution is 0.444. The van der Waals surface area contributed by atoms with E-state index in [1.54, 1.807) is 0 Å². The van der Waals surface area contributed by atoms with Gasteiger partial charge in [-0.3, -0.25) is 0 Å². The van der Waals surface area contributed by atoms with Crippen molar-refractivity contribution in [3.05, 3.63) is 18.2 Å². The maximum atomic E-state index is 6.25. The number of nitrogens with zero attached hydrogens (tertiary/aromatic N) is 2. The minimum absolute atomic E-state index is 0.131. The molecule has 96 valence electrons. The van der Waals surface area contributed by atoms with Crippen LogP contribution in [0.3, 0.4) is 0 Å². The van der Waals surface area contributed by atoms with Crippen molar-refractivity contribution in [2.75, 3.05) is 11.5 Å². The summed E-state index contributed by atoms with van der Waals surface area (Å²) in [6.07, 6.45) is 6.25. The van der Waals surface area contributed by atoms with Gasteiger partial charge in [0.15, 0.2) is 0 Å². The van der Waals surface area contributed by atoms with Crippen molar-refractivity contribution in [3.8, 4) is 0 Å². The Morgan fingerprint density at radius 2 is 2.41 bits per heavy atom. The average Bonchev–Trinajstić information content (AvgIpc) is 2.88. The van der Waals surface area contributed by atoms with E-state index in [4.69, 9.17) is 5.73 Å². The minimum atomic E-state index is 0.131. The van der Waals surface area contributed by atoms with E-state index in [2.05, 4.69) is 35.2 Å². The van der Waals surface area contributed by atoms with Crippen molar-refractivity contribution in [3.63, 3.8) is 0 Å². The first-order valence-corrected chi connectivity index (χ1v) is 7.65. The van der Waals surface area contributed by atoms with Crippen molar-refractivity contribution in [2.45, 2.75) is 39.3 Å². The van der Waals surface area contributed by atoms with Crippen LogP contribution in [0.1, 0.15) is 38.4 Å². The first kappa shape index (κ1) is 13.0. The van der Waals surface area contributed by atoms with E-state index in [9.17, 15) is 0 Å². The zero-order valence-electron chi connectivity index (χ0n) is 10.8. The molecule has 2 atom stereocenters. The molecule has 2 unspecified atom stereocenters. The monoisotopic (exact) mass is 253 g/mol. The fourth-order valence-corrected chi connectivity index (χ4v) is 3.70. The quantitative estimate of drug-likeness (QED) is 0.877. The van der Waals surface area contributed by atoms with Gasteiger partial charge in [0.2, 0.25) is 0 Å². The molecule has 0 spiro atoms. The van der Waals surface area contributed by atoms with Crippen LogP contribution in [0.4, 0.5) is 0 Å². The molecule has 0 aliphatic carbocycles. The van der Waals surface area contributed by atoms with Gasteiger partial charge in [-0.05, 0) is 36.2 Å². The Balaban J connectivity index is 2.00. The number of aromatic nitrogens is 2. The molecule has 4 heteroatoms. The smallest absolute Gasteiger partial charge is 0.0948 e. The molecule has 1 aromatic heterocycles. The van der Waals surface area contributed by atoms with Crippen molar-refractivity contribution < 1.29 is 0 Å². The number of imidazole rings is 1. The summed E-state index contributed by atoms with van der Waals surface area (Å²) in [4.78, 5) is 4.27. The molecule has 1 fully saturated rings. The summed E-state index contributed by atoms with van der Waals surface area (Å²) in [5.41, 5.74) is 7.45. The highest BCUT2D eigenvalue weighted by molar-refractivity contribution is 7.99. The van der Waals surface area contributed by atoms with Crippen molar-refractivity contribution in [1.82, 2.24) is 9.55 Å². The maximum Gasteiger partial charge on any atom is 0.0948 e. The van der Waals surface area contributed by atoms with E-state index >= 15 is 0 Å². The van der Waals surface area contributed by atoms with Crippen LogP contribution in [0.2, 0.25) is 0 Å². The summed E-state index contributed by atoms with van der Waals surface area (Å²) in [6, 6.07) is 0.131. The molecule has 0 saturated carbocycles.